The third-order valence-corrected chi connectivity index (χ3v) is 4.26. The van der Waals surface area contributed by atoms with Gasteiger partial charge in [-0.15, -0.1) is 0 Å². The number of carboxylic acid groups (broad SMARTS) is 1. The number of benzene rings is 1. The fourth-order valence-corrected chi connectivity index (χ4v) is 2.67. The highest BCUT2D eigenvalue weighted by Crippen LogP contribution is 2.24. The molecule has 1 N–H and O–H groups in total. The number of carbonyl (C=O) groups excluding carboxylic acids is 1. The van der Waals surface area contributed by atoms with Gasteiger partial charge in [-0.2, -0.15) is 0 Å². The number of carboxylic acids is 1. The van der Waals surface area contributed by atoms with Gasteiger partial charge in [0.1, 0.15) is 5.82 Å². The zero-order valence-electron chi connectivity index (χ0n) is 11.0. The molecule has 0 saturated carbocycles. The molecule has 1 aromatic rings. The molecule has 1 heterocycles. The van der Waals surface area contributed by atoms with E-state index in [1.54, 1.807) is 17.0 Å². The summed E-state index contributed by atoms with van der Waals surface area (Å²) in [6, 6.07) is 4.56. The minimum atomic E-state index is -0.873. The number of amides is 1. The maximum Gasteiger partial charge on any atom is 0.308 e. The Morgan fingerprint density at radius 2 is 2.15 bits per heavy atom. The first kappa shape index (κ1) is 15.0. The van der Waals surface area contributed by atoms with E-state index in [2.05, 4.69) is 15.9 Å². The van der Waals surface area contributed by atoms with Gasteiger partial charge in [0, 0.05) is 13.1 Å². The number of likely N-dealkylation sites (tertiary alicyclic amines) is 1. The number of aliphatic carboxylic acids is 1. The number of carbonyl (C=O) groups is 2. The summed E-state index contributed by atoms with van der Waals surface area (Å²) < 4.78 is 13.7. The highest BCUT2D eigenvalue weighted by atomic mass is 79.9. The van der Waals surface area contributed by atoms with E-state index in [4.69, 9.17) is 5.11 Å². The van der Waals surface area contributed by atoms with Crippen molar-refractivity contribution in [3.05, 3.63) is 34.1 Å². The zero-order chi connectivity index (χ0) is 14.9. The largest absolute Gasteiger partial charge is 0.481 e. The minimum absolute atomic E-state index is 0.0573. The van der Waals surface area contributed by atoms with Gasteiger partial charge in [0.2, 0.25) is 5.91 Å². The van der Waals surface area contributed by atoms with E-state index in [1.165, 1.54) is 6.07 Å². The van der Waals surface area contributed by atoms with Crippen molar-refractivity contribution in [1.29, 1.82) is 0 Å². The summed E-state index contributed by atoms with van der Waals surface area (Å²) >= 11 is 3.06. The molecule has 108 valence electrons. The maximum absolute atomic E-state index is 13.4. The summed E-state index contributed by atoms with van der Waals surface area (Å²) in [5.74, 6) is -2.02. The van der Waals surface area contributed by atoms with Crippen molar-refractivity contribution in [2.24, 2.45) is 11.8 Å². The maximum atomic E-state index is 13.4. The van der Waals surface area contributed by atoms with Crippen LogP contribution in [0.5, 0.6) is 0 Å². The Morgan fingerprint density at radius 3 is 2.70 bits per heavy atom. The molecule has 0 radical (unpaired) electrons. The van der Waals surface area contributed by atoms with E-state index in [1.807, 2.05) is 6.92 Å². The number of nitrogens with zero attached hydrogens (tertiary/aromatic N) is 1. The van der Waals surface area contributed by atoms with Gasteiger partial charge >= 0.3 is 5.97 Å². The highest BCUT2D eigenvalue weighted by Gasteiger charge is 2.36. The van der Waals surface area contributed by atoms with Crippen LogP contribution in [-0.2, 0) is 16.0 Å². The van der Waals surface area contributed by atoms with Crippen LogP contribution in [-0.4, -0.2) is 35.0 Å². The van der Waals surface area contributed by atoms with Crippen LogP contribution in [0.3, 0.4) is 0 Å². The Morgan fingerprint density at radius 1 is 1.45 bits per heavy atom. The first-order chi connectivity index (χ1) is 9.38. The second kappa shape index (κ2) is 5.91. The summed E-state index contributed by atoms with van der Waals surface area (Å²) in [7, 11) is 0. The van der Waals surface area contributed by atoms with Crippen molar-refractivity contribution >= 4 is 27.8 Å². The normalized spacial score (nSPS) is 22.1. The molecule has 1 amide bonds. The van der Waals surface area contributed by atoms with Crippen molar-refractivity contribution in [2.75, 3.05) is 13.1 Å². The van der Waals surface area contributed by atoms with Gasteiger partial charge in [-0.25, -0.2) is 4.39 Å². The Kier molecular flexibility index (Phi) is 4.42. The third kappa shape index (κ3) is 3.17. The molecule has 20 heavy (non-hydrogen) atoms. The molecule has 1 aliphatic rings. The van der Waals surface area contributed by atoms with Gasteiger partial charge in [-0.1, -0.05) is 13.0 Å². The van der Waals surface area contributed by atoms with Crippen molar-refractivity contribution in [3.63, 3.8) is 0 Å². The molecule has 4 nitrogen and oxygen atoms in total. The van der Waals surface area contributed by atoms with Crippen molar-refractivity contribution < 1.29 is 19.1 Å². The molecular formula is C14H15BrFNO3. The number of hydrogen-bond acceptors (Lipinski definition) is 2. The molecule has 0 unspecified atom stereocenters. The number of halogens is 2. The first-order valence-electron chi connectivity index (χ1n) is 6.33. The van der Waals surface area contributed by atoms with E-state index >= 15 is 0 Å². The van der Waals surface area contributed by atoms with Crippen molar-refractivity contribution in [1.82, 2.24) is 4.90 Å². The fourth-order valence-electron chi connectivity index (χ4n) is 2.43. The Bertz CT molecular complexity index is 549. The van der Waals surface area contributed by atoms with E-state index in [9.17, 15) is 14.0 Å². The summed E-state index contributed by atoms with van der Waals surface area (Å²) in [5, 5.41) is 9.05. The average molecular weight is 344 g/mol. The highest BCUT2D eigenvalue weighted by molar-refractivity contribution is 9.10. The molecule has 0 spiro atoms. The second-order valence-electron chi connectivity index (χ2n) is 5.15. The Hall–Kier alpha value is -1.43. The van der Waals surface area contributed by atoms with Gasteiger partial charge in [0.15, 0.2) is 0 Å². The van der Waals surface area contributed by atoms with Crippen molar-refractivity contribution in [2.45, 2.75) is 13.3 Å². The molecule has 0 aromatic heterocycles. The van der Waals surface area contributed by atoms with Gasteiger partial charge in [0.05, 0.1) is 16.8 Å². The van der Waals surface area contributed by atoms with Crippen molar-refractivity contribution in [3.8, 4) is 0 Å². The molecule has 1 fully saturated rings. The summed E-state index contributed by atoms with van der Waals surface area (Å²) in [5.41, 5.74) is 0.585. The van der Waals surface area contributed by atoms with E-state index in [0.717, 1.165) is 0 Å². The predicted octanol–water partition coefficient (Wildman–Crippen LogP) is 2.31. The lowest BCUT2D eigenvalue weighted by atomic mass is 9.99. The van der Waals surface area contributed by atoms with E-state index in [-0.39, 0.29) is 24.8 Å². The number of hydrogen-bond donors (Lipinski definition) is 1. The van der Waals surface area contributed by atoms with E-state index < -0.39 is 17.7 Å². The smallest absolute Gasteiger partial charge is 0.308 e. The minimum Gasteiger partial charge on any atom is -0.481 e. The quantitative estimate of drug-likeness (QED) is 0.916. The van der Waals surface area contributed by atoms with Crippen LogP contribution < -0.4 is 0 Å². The fraction of sp³-hybridized carbons (Fsp3) is 0.429. The van der Waals surface area contributed by atoms with E-state index in [0.29, 0.717) is 16.6 Å². The summed E-state index contributed by atoms with van der Waals surface area (Å²) in [6.07, 6.45) is 0.0866. The van der Waals surface area contributed by atoms with Crippen LogP contribution in [0, 0.1) is 17.7 Å². The Balaban J connectivity index is 2.02. The van der Waals surface area contributed by atoms with Crippen LogP contribution >= 0.6 is 15.9 Å². The third-order valence-electron chi connectivity index (χ3n) is 3.62. The SMILES string of the molecule is C[C@@H]1CN(C(=O)Cc2ccc(Br)c(F)c2)C[C@H]1C(=O)O. The van der Waals surface area contributed by atoms with Gasteiger partial charge in [-0.3, -0.25) is 9.59 Å². The topological polar surface area (TPSA) is 57.6 Å². The lowest BCUT2D eigenvalue weighted by molar-refractivity contribution is -0.142. The number of rotatable bonds is 3. The lowest BCUT2D eigenvalue weighted by Crippen LogP contribution is -2.31. The lowest BCUT2D eigenvalue weighted by Gasteiger charge is -2.16. The predicted molar refractivity (Wildman–Crippen MR) is 74.7 cm³/mol. The molecule has 0 aliphatic carbocycles. The van der Waals surface area contributed by atoms with Crippen LogP contribution in [0.2, 0.25) is 0 Å². The van der Waals surface area contributed by atoms with Gasteiger partial charge < -0.3 is 10.0 Å². The Labute approximate surface area is 124 Å². The molecule has 1 saturated heterocycles. The van der Waals surface area contributed by atoms with Crippen LogP contribution in [0.1, 0.15) is 12.5 Å². The summed E-state index contributed by atoms with van der Waals surface area (Å²) in [4.78, 5) is 24.7. The van der Waals surface area contributed by atoms with Crippen LogP contribution in [0.4, 0.5) is 4.39 Å². The zero-order valence-corrected chi connectivity index (χ0v) is 12.6. The molecule has 1 aliphatic heterocycles. The van der Waals surface area contributed by atoms with Crippen LogP contribution in [0.15, 0.2) is 22.7 Å². The van der Waals surface area contributed by atoms with Crippen LogP contribution in [0.25, 0.3) is 0 Å². The molecule has 0 bridgehead atoms. The molecule has 2 rings (SSSR count). The second-order valence-corrected chi connectivity index (χ2v) is 6.00. The summed E-state index contributed by atoms with van der Waals surface area (Å²) in [6.45, 7) is 2.49. The molecule has 2 atom stereocenters. The first-order valence-corrected chi connectivity index (χ1v) is 7.12. The average Bonchev–Trinajstić information content (AvgIpc) is 2.76. The van der Waals surface area contributed by atoms with Gasteiger partial charge in [0.25, 0.3) is 0 Å². The molecular weight excluding hydrogens is 329 g/mol. The monoisotopic (exact) mass is 343 g/mol. The van der Waals surface area contributed by atoms with Gasteiger partial charge in [-0.05, 0) is 39.5 Å². The molecule has 6 heteroatoms. The molecule has 1 aromatic carbocycles. The standard InChI is InChI=1S/C14H15BrFNO3/c1-8-6-17(7-10(8)14(19)20)13(18)5-9-2-3-11(15)12(16)4-9/h2-4,8,10H,5-7H2,1H3,(H,19,20)/t8-,10-/m1/s1.